The fourth-order valence-electron chi connectivity index (χ4n) is 1.47. The molecule has 2 amide bonds. The highest BCUT2D eigenvalue weighted by molar-refractivity contribution is 5.96. The van der Waals surface area contributed by atoms with Crippen LogP contribution in [0.3, 0.4) is 0 Å². The average Bonchev–Trinajstić information content (AvgIpc) is 2.58. The highest BCUT2D eigenvalue weighted by Crippen LogP contribution is 2.06. The number of nitrogens with zero attached hydrogens (tertiary/aromatic N) is 1. The minimum atomic E-state index is -1.31. The Morgan fingerprint density at radius 3 is 2.44 bits per heavy atom. The van der Waals surface area contributed by atoms with E-state index in [0.717, 1.165) is 5.69 Å². The van der Waals surface area contributed by atoms with Gasteiger partial charge in [0.25, 0.3) is 5.91 Å². The smallest absolute Gasteiger partial charge is 0.326 e. The third kappa shape index (κ3) is 3.09. The summed E-state index contributed by atoms with van der Waals surface area (Å²) < 4.78 is 1.62. The summed E-state index contributed by atoms with van der Waals surface area (Å²) in [5.74, 6) is -2.64. The SMILES string of the molecule is Cc1ccc(C(=O)N[C@@H](CC(N)=O)C(=O)O)n1C. The highest BCUT2D eigenvalue weighted by atomic mass is 16.4. The molecule has 0 fully saturated rings. The number of nitrogens with one attached hydrogen (secondary N) is 1. The Hall–Kier alpha value is -2.31. The Labute approximate surface area is 104 Å². The molecule has 0 aliphatic heterocycles. The first-order chi connectivity index (χ1) is 8.32. The van der Waals surface area contributed by atoms with Crippen LogP contribution >= 0.6 is 0 Å². The Kier molecular flexibility index (Phi) is 4.09. The van der Waals surface area contributed by atoms with E-state index in [1.165, 1.54) is 0 Å². The topological polar surface area (TPSA) is 114 Å². The Morgan fingerprint density at radius 2 is 2.06 bits per heavy atom. The maximum Gasteiger partial charge on any atom is 0.326 e. The van der Waals surface area contributed by atoms with Crippen LogP contribution < -0.4 is 11.1 Å². The van der Waals surface area contributed by atoms with Gasteiger partial charge >= 0.3 is 5.97 Å². The van der Waals surface area contributed by atoms with Crippen molar-refractivity contribution in [2.24, 2.45) is 12.8 Å². The van der Waals surface area contributed by atoms with Crippen molar-refractivity contribution in [1.82, 2.24) is 9.88 Å². The zero-order chi connectivity index (χ0) is 13.9. The molecule has 7 heteroatoms. The van der Waals surface area contributed by atoms with Crippen molar-refractivity contribution < 1.29 is 19.5 Å². The second-order valence-corrected chi connectivity index (χ2v) is 3.95. The molecule has 1 heterocycles. The first-order valence-electron chi connectivity index (χ1n) is 5.27. The normalized spacial score (nSPS) is 11.9. The van der Waals surface area contributed by atoms with Crippen molar-refractivity contribution in [3.8, 4) is 0 Å². The maximum atomic E-state index is 11.8. The third-order valence-corrected chi connectivity index (χ3v) is 2.61. The van der Waals surface area contributed by atoms with Gasteiger partial charge in [0.2, 0.25) is 5.91 Å². The summed E-state index contributed by atoms with van der Waals surface area (Å²) in [7, 11) is 1.69. The number of nitrogens with two attached hydrogens (primary N) is 1. The zero-order valence-electron chi connectivity index (χ0n) is 10.1. The predicted molar refractivity (Wildman–Crippen MR) is 62.9 cm³/mol. The molecule has 1 atom stereocenters. The molecule has 0 saturated heterocycles. The molecule has 7 nitrogen and oxygen atoms in total. The van der Waals surface area contributed by atoms with Crippen LogP contribution in [0, 0.1) is 6.92 Å². The third-order valence-electron chi connectivity index (χ3n) is 2.61. The monoisotopic (exact) mass is 253 g/mol. The van der Waals surface area contributed by atoms with Crippen molar-refractivity contribution in [3.05, 3.63) is 23.5 Å². The van der Waals surface area contributed by atoms with Gasteiger partial charge in [-0.3, -0.25) is 9.59 Å². The van der Waals surface area contributed by atoms with Gasteiger partial charge in [-0.1, -0.05) is 0 Å². The van der Waals surface area contributed by atoms with E-state index in [-0.39, 0.29) is 0 Å². The van der Waals surface area contributed by atoms with Gasteiger partial charge in [0.15, 0.2) is 0 Å². The van der Waals surface area contributed by atoms with E-state index < -0.39 is 30.2 Å². The molecule has 0 radical (unpaired) electrons. The first-order valence-corrected chi connectivity index (χ1v) is 5.27. The van der Waals surface area contributed by atoms with Crippen LogP contribution in [0.5, 0.6) is 0 Å². The van der Waals surface area contributed by atoms with Gasteiger partial charge in [0, 0.05) is 12.7 Å². The molecule has 4 N–H and O–H groups in total. The minimum absolute atomic E-state index is 0.322. The molecule has 1 rings (SSSR count). The Bertz CT molecular complexity index is 492. The number of hydrogen-bond donors (Lipinski definition) is 3. The van der Waals surface area contributed by atoms with Gasteiger partial charge < -0.3 is 20.7 Å². The van der Waals surface area contributed by atoms with Crippen LogP contribution in [0.15, 0.2) is 12.1 Å². The van der Waals surface area contributed by atoms with Gasteiger partial charge in [-0.25, -0.2) is 4.79 Å². The van der Waals surface area contributed by atoms with Crippen LogP contribution in [0.2, 0.25) is 0 Å². The predicted octanol–water partition coefficient (Wildman–Crippen LogP) is -0.608. The van der Waals surface area contributed by atoms with Crippen molar-refractivity contribution in [2.45, 2.75) is 19.4 Å². The van der Waals surface area contributed by atoms with Gasteiger partial charge in [-0.2, -0.15) is 0 Å². The largest absolute Gasteiger partial charge is 0.480 e. The molecule has 18 heavy (non-hydrogen) atoms. The lowest BCUT2D eigenvalue weighted by Gasteiger charge is -2.13. The number of aliphatic carboxylic acids is 1. The molecule has 0 unspecified atom stereocenters. The number of amides is 2. The second-order valence-electron chi connectivity index (χ2n) is 3.95. The lowest BCUT2D eigenvalue weighted by atomic mass is 10.2. The molecular formula is C11H15N3O4. The Morgan fingerprint density at radius 1 is 1.44 bits per heavy atom. The molecule has 0 saturated carbocycles. The van der Waals surface area contributed by atoms with E-state index in [4.69, 9.17) is 10.8 Å². The summed E-state index contributed by atoms with van der Waals surface area (Å²) in [6.45, 7) is 1.81. The molecule has 0 aromatic carbocycles. The fourth-order valence-corrected chi connectivity index (χ4v) is 1.47. The van der Waals surface area contributed by atoms with E-state index in [2.05, 4.69) is 5.32 Å². The molecule has 1 aromatic heterocycles. The second kappa shape index (κ2) is 5.35. The standard InChI is InChI=1S/C11H15N3O4/c1-6-3-4-8(14(6)2)10(16)13-7(11(17)18)5-9(12)15/h3-4,7H,5H2,1-2H3,(H2,12,15)(H,13,16)(H,17,18)/t7-/m0/s1. The van der Waals surface area contributed by atoms with Gasteiger partial charge in [0.1, 0.15) is 11.7 Å². The number of carboxylic acid groups (broad SMARTS) is 1. The number of carboxylic acids is 1. The van der Waals surface area contributed by atoms with E-state index in [1.807, 2.05) is 6.92 Å². The van der Waals surface area contributed by atoms with Gasteiger partial charge in [-0.05, 0) is 19.1 Å². The number of carbonyl (C=O) groups excluding carboxylic acids is 2. The summed E-state index contributed by atoms with van der Waals surface area (Å²) in [5, 5.41) is 11.1. The quantitative estimate of drug-likeness (QED) is 0.649. The lowest BCUT2D eigenvalue weighted by Crippen LogP contribution is -2.43. The summed E-state index contributed by atoms with van der Waals surface area (Å²) in [4.78, 5) is 33.4. The number of carbonyl (C=O) groups is 3. The van der Waals surface area contributed by atoms with E-state index >= 15 is 0 Å². The van der Waals surface area contributed by atoms with Crippen molar-refractivity contribution in [2.75, 3.05) is 0 Å². The number of aryl methyl sites for hydroxylation is 1. The summed E-state index contributed by atoms with van der Waals surface area (Å²) in [6.07, 6.45) is -0.440. The maximum absolute atomic E-state index is 11.8. The van der Waals surface area contributed by atoms with Crippen molar-refractivity contribution in [1.29, 1.82) is 0 Å². The van der Waals surface area contributed by atoms with Crippen molar-refractivity contribution in [3.63, 3.8) is 0 Å². The minimum Gasteiger partial charge on any atom is -0.480 e. The molecular weight excluding hydrogens is 238 g/mol. The van der Waals surface area contributed by atoms with E-state index in [0.29, 0.717) is 5.69 Å². The van der Waals surface area contributed by atoms with Gasteiger partial charge in [-0.15, -0.1) is 0 Å². The van der Waals surface area contributed by atoms with Gasteiger partial charge in [0.05, 0.1) is 6.42 Å². The molecule has 98 valence electrons. The van der Waals surface area contributed by atoms with Crippen LogP contribution in [0.4, 0.5) is 0 Å². The number of aromatic nitrogens is 1. The molecule has 0 aliphatic carbocycles. The number of rotatable bonds is 5. The van der Waals surface area contributed by atoms with Crippen LogP contribution in [-0.2, 0) is 16.6 Å². The van der Waals surface area contributed by atoms with Crippen LogP contribution in [0.1, 0.15) is 22.6 Å². The van der Waals surface area contributed by atoms with E-state index in [9.17, 15) is 14.4 Å². The number of hydrogen-bond acceptors (Lipinski definition) is 3. The molecule has 0 aliphatic rings. The fraction of sp³-hybridized carbons (Fsp3) is 0.364. The van der Waals surface area contributed by atoms with E-state index in [1.54, 1.807) is 23.7 Å². The van der Waals surface area contributed by atoms with Crippen LogP contribution in [-0.4, -0.2) is 33.5 Å². The summed E-state index contributed by atoms with van der Waals surface area (Å²) in [6, 6.07) is 2.00. The lowest BCUT2D eigenvalue weighted by molar-refractivity contribution is -0.140. The summed E-state index contributed by atoms with van der Waals surface area (Å²) in [5.41, 5.74) is 6.11. The van der Waals surface area contributed by atoms with Crippen molar-refractivity contribution >= 4 is 17.8 Å². The molecule has 1 aromatic rings. The average molecular weight is 253 g/mol. The first kappa shape index (κ1) is 13.8. The van der Waals surface area contributed by atoms with Crippen LogP contribution in [0.25, 0.3) is 0 Å². The zero-order valence-corrected chi connectivity index (χ0v) is 10.1. The Balaban J connectivity index is 2.82. The summed E-state index contributed by atoms with van der Waals surface area (Å²) >= 11 is 0. The number of primary amides is 1. The molecule has 0 spiro atoms. The highest BCUT2D eigenvalue weighted by Gasteiger charge is 2.23. The molecule has 0 bridgehead atoms.